The van der Waals surface area contributed by atoms with E-state index in [4.69, 9.17) is 19.9 Å². The fraction of sp³-hybridized carbons (Fsp3) is 0. The molecule has 2 heterocycles. The van der Waals surface area contributed by atoms with Crippen LogP contribution in [0.5, 0.6) is 0 Å². The zero-order chi connectivity index (χ0) is 26.7. The van der Waals surface area contributed by atoms with Gasteiger partial charge in [-0.15, -0.1) is 0 Å². The minimum Gasteiger partial charge on any atom is -0.248 e. The van der Waals surface area contributed by atoms with Crippen LogP contribution in [0.25, 0.3) is 67.5 Å². The van der Waals surface area contributed by atoms with Gasteiger partial charge in [0.15, 0.2) is 17.5 Å². The fourth-order valence-electron chi connectivity index (χ4n) is 4.83. The van der Waals surface area contributed by atoms with E-state index in [0.29, 0.717) is 17.5 Å². The van der Waals surface area contributed by atoms with Gasteiger partial charge in [0.05, 0.1) is 11.4 Å². The highest BCUT2D eigenvalue weighted by Crippen LogP contribution is 2.28. The van der Waals surface area contributed by atoms with Crippen LogP contribution in [0.3, 0.4) is 0 Å². The molecule has 0 unspecified atom stereocenters. The number of nitrogens with zero attached hydrogens (tertiary/aromatic N) is 4. The van der Waals surface area contributed by atoms with Gasteiger partial charge in [0, 0.05) is 27.8 Å². The maximum atomic E-state index is 4.99. The molecule has 0 aliphatic rings. The molecule has 0 atom stereocenters. The van der Waals surface area contributed by atoms with Gasteiger partial charge in [-0.25, -0.2) is 19.9 Å². The van der Waals surface area contributed by atoms with Crippen LogP contribution in [0.15, 0.2) is 146 Å². The van der Waals surface area contributed by atoms with Crippen molar-refractivity contribution in [1.29, 1.82) is 0 Å². The normalized spacial score (nSPS) is 11.0. The third-order valence-corrected chi connectivity index (χ3v) is 6.93. The lowest BCUT2D eigenvalue weighted by Gasteiger charge is -2.09. The number of rotatable bonds is 5. The average Bonchev–Trinajstić information content (AvgIpc) is 3.05. The molecule has 2 aromatic heterocycles. The molecule has 0 amide bonds. The smallest absolute Gasteiger partial charge is 0.164 e. The van der Waals surface area contributed by atoms with Gasteiger partial charge in [0.2, 0.25) is 0 Å². The summed E-state index contributed by atoms with van der Waals surface area (Å²) in [4.78, 5) is 19.5. The summed E-state index contributed by atoms with van der Waals surface area (Å²) in [5.74, 6) is 1.94. The summed E-state index contributed by atoms with van der Waals surface area (Å²) >= 11 is 0. The molecular weight excluding hydrogens is 488 g/mol. The Hall–Kier alpha value is -5.48. The molecule has 4 heteroatoms. The number of benzene rings is 5. The topological polar surface area (TPSA) is 51.6 Å². The van der Waals surface area contributed by atoms with Gasteiger partial charge in [0.25, 0.3) is 0 Å². The SMILES string of the molecule is c1ccc(-c2nc(-c3ccccc3)nc(-c3ccc(-c4cccc(-c5ccc6ccccc6c5)n4)cc3)n2)cc1. The Morgan fingerprint density at radius 3 is 1.32 bits per heavy atom. The van der Waals surface area contributed by atoms with Crippen LogP contribution in [0, 0.1) is 0 Å². The third-order valence-electron chi connectivity index (χ3n) is 6.93. The maximum Gasteiger partial charge on any atom is 0.164 e. The minimum atomic E-state index is 0.636. The second-order valence-corrected chi connectivity index (χ2v) is 9.59. The van der Waals surface area contributed by atoms with Gasteiger partial charge < -0.3 is 0 Å². The van der Waals surface area contributed by atoms with Crippen LogP contribution in [0.2, 0.25) is 0 Å². The quantitative estimate of drug-likeness (QED) is 0.231. The highest BCUT2D eigenvalue weighted by Gasteiger charge is 2.12. The zero-order valence-corrected chi connectivity index (χ0v) is 21.6. The van der Waals surface area contributed by atoms with Crippen molar-refractivity contribution in [3.05, 3.63) is 146 Å². The van der Waals surface area contributed by atoms with Crippen LogP contribution >= 0.6 is 0 Å². The van der Waals surface area contributed by atoms with E-state index in [0.717, 1.165) is 39.2 Å². The standard InChI is InChI=1S/C36H24N4/c1-3-11-27(12-4-1)34-38-35(28-13-5-2-6-14-28)40-36(39-34)29-21-19-26(20-22-29)32-16-9-17-33(37-32)31-23-18-25-10-7-8-15-30(25)24-31/h1-24H. The lowest BCUT2D eigenvalue weighted by Crippen LogP contribution is -2.00. The summed E-state index contributed by atoms with van der Waals surface area (Å²) in [5.41, 5.74) is 6.83. The molecule has 0 saturated carbocycles. The van der Waals surface area contributed by atoms with Crippen LogP contribution in [-0.4, -0.2) is 19.9 Å². The van der Waals surface area contributed by atoms with Crippen molar-refractivity contribution in [1.82, 2.24) is 19.9 Å². The van der Waals surface area contributed by atoms with Crippen molar-refractivity contribution in [3.8, 4) is 56.7 Å². The van der Waals surface area contributed by atoms with Gasteiger partial charge in [0.1, 0.15) is 0 Å². The van der Waals surface area contributed by atoms with Crippen LogP contribution < -0.4 is 0 Å². The van der Waals surface area contributed by atoms with E-state index in [-0.39, 0.29) is 0 Å². The largest absolute Gasteiger partial charge is 0.248 e. The summed E-state index contributed by atoms with van der Waals surface area (Å²) in [7, 11) is 0. The molecule has 40 heavy (non-hydrogen) atoms. The molecule has 188 valence electrons. The second-order valence-electron chi connectivity index (χ2n) is 9.59. The molecule has 7 aromatic rings. The number of aromatic nitrogens is 4. The summed E-state index contributed by atoms with van der Waals surface area (Å²) in [6.45, 7) is 0. The van der Waals surface area contributed by atoms with Crippen molar-refractivity contribution in [2.45, 2.75) is 0 Å². The first-order valence-corrected chi connectivity index (χ1v) is 13.2. The molecule has 5 aromatic carbocycles. The van der Waals surface area contributed by atoms with E-state index >= 15 is 0 Å². The van der Waals surface area contributed by atoms with E-state index in [1.54, 1.807) is 0 Å². The van der Waals surface area contributed by atoms with Gasteiger partial charge in [-0.1, -0.05) is 127 Å². The molecule has 0 aliphatic heterocycles. The van der Waals surface area contributed by atoms with Gasteiger partial charge in [-0.2, -0.15) is 0 Å². The Labute approximate surface area is 232 Å². The van der Waals surface area contributed by atoms with E-state index < -0.39 is 0 Å². The molecule has 4 nitrogen and oxygen atoms in total. The molecule has 0 radical (unpaired) electrons. The van der Waals surface area contributed by atoms with Crippen molar-refractivity contribution in [2.24, 2.45) is 0 Å². The average molecular weight is 513 g/mol. The van der Waals surface area contributed by atoms with Gasteiger partial charge >= 0.3 is 0 Å². The van der Waals surface area contributed by atoms with E-state index in [9.17, 15) is 0 Å². The second kappa shape index (κ2) is 10.4. The maximum absolute atomic E-state index is 4.99. The first-order chi connectivity index (χ1) is 19.8. The Morgan fingerprint density at radius 2 is 0.725 bits per heavy atom. The highest BCUT2D eigenvalue weighted by molar-refractivity contribution is 5.87. The number of hydrogen-bond acceptors (Lipinski definition) is 4. The Bertz CT molecular complexity index is 1880. The van der Waals surface area contributed by atoms with E-state index in [1.807, 2.05) is 66.7 Å². The van der Waals surface area contributed by atoms with Crippen LogP contribution in [0.4, 0.5) is 0 Å². The lowest BCUT2D eigenvalue weighted by atomic mass is 10.0. The molecular formula is C36H24N4. The Kier molecular flexibility index (Phi) is 6.11. The summed E-state index contributed by atoms with van der Waals surface area (Å²) in [5, 5.41) is 2.43. The summed E-state index contributed by atoms with van der Waals surface area (Å²) in [6.07, 6.45) is 0. The highest BCUT2D eigenvalue weighted by atomic mass is 15.0. The molecule has 0 N–H and O–H groups in total. The minimum absolute atomic E-state index is 0.636. The molecule has 0 aliphatic carbocycles. The summed E-state index contributed by atoms with van der Waals surface area (Å²) in [6, 6.07) is 49.3. The fourth-order valence-corrected chi connectivity index (χ4v) is 4.83. The Balaban J connectivity index is 1.24. The molecule has 7 rings (SSSR count). The van der Waals surface area contributed by atoms with Crippen molar-refractivity contribution < 1.29 is 0 Å². The number of pyridine rings is 1. The van der Waals surface area contributed by atoms with E-state index in [2.05, 4.69) is 78.9 Å². The van der Waals surface area contributed by atoms with Gasteiger partial charge in [-0.3, -0.25) is 0 Å². The molecule has 0 spiro atoms. The molecule has 0 fully saturated rings. The molecule has 0 saturated heterocycles. The zero-order valence-electron chi connectivity index (χ0n) is 21.6. The summed E-state index contributed by atoms with van der Waals surface area (Å²) < 4.78 is 0. The van der Waals surface area contributed by atoms with E-state index in [1.165, 1.54) is 10.8 Å². The van der Waals surface area contributed by atoms with Crippen molar-refractivity contribution >= 4 is 10.8 Å². The monoisotopic (exact) mass is 512 g/mol. The van der Waals surface area contributed by atoms with Crippen molar-refractivity contribution in [3.63, 3.8) is 0 Å². The number of fused-ring (bicyclic) bond motifs is 1. The van der Waals surface area contributed by atoms with Crippen molar-refractivity contribution in [2.75, 3.05) is 0 Å². The molecule has 0 bridgehead atoms. The first kappa shape index (κ1) is 23.6. The number of hydrogen-bond donors (Lipinski definition) is 0. The first-order valence-electron chi connectivity index (χ1n) is 13.2. The van der Waals surface area contributed by atoms with Crippen LogP contribution in [-0.2, 0) is 0 Å². The lowest BCUT2D eigenvalue weighted by molar-refractivity contribution is 1.07. The van der Waals surface area contributed by atoms with Crippen LogP contribution in [0.1, 0.15) is 0 Å². The third kappa shape index (κ3) is 4.74. The predicted molar refractivity (Wildman–Crippen MR) is 162 cm³/mol. The Morgan fingerprint density at radius 1 is 0.275 bits per heavy atom. The predicted octanol–water partition coefficient (Wildman–Crippen LogP) is 8.75. The van der Waals surface area contributed by atoms with Gasteiger partial charge in [-0.05, 0) is 29.0 Å².